The molecule has 1 amide bonds. The molecule has 1 aromatic heterocycles. The van der Waals surface area contributed by atoms with E-state index in [1.807, 2.05) is 0 Å². The fourth-order valence-electron chi connectivity index (χ4n) is 2.85. The standard InChI is InChI=1S/C16H19N3O4/c1-10-17-15(23-18-10)11-7-8-19(9-11)16(20)12-5-4-6-13(21-2)14(12)22-3/h4-6,11H,7-9H2,1-3H3/t11-/m1/s1. The number of hydrogen-bond donors (Lipinski definition) is 0. The summed E-state index contributed by atoms with van der Waals surface area (Å²) in [6.07, 6.45) is 0.805. The first kappa shape index (κ1) is 15.3. The molecular weight excluding hydrogens is 298 g/mol. The van der Waals surface area contributed by atoms with Gasteiger partial charge in [0.05, 0.1) is 25.7 Å². The molecule has 0 bridgehead atoms. The number of aromatic nitrogens is 2. The van der Waals surface area contributed by atoms with E-state index in [0.29, 0.717) is 41.9 Å². The van der Waals surface area contributed by atoms with Crippen molar-refractivity contribution in [2.45, 2.75) is 19.3 Å². The molecule has 1 aliphatic rings. The van der Waals surface area contributed by atoms with Crippen molar-refractivity contribution in [1.82, 2.24) is 15.0 Å². The van der Waals surface area contributed by atoms with Gasteiger partial charge in [-0.05, 0) is 25.5 Å². The number of methoxy groups -OCH3 is 2. The van der Waals surface area contributed by atoms with Crippen molar-refractivity contribution in [3.05, 3.63) is 35.5 Å². The molecule has 0 spiro atoms. The first-order valence-electron chi connectivity index (χ1n) is 7.44. The molecule has 1 atom stereocenters. The van der Waals surface area contributed by atoms with Crippen LogP contribution in [0.15, 0.2) is 22.7 Å². The number of para-hydroxylation sites is 1. The van der Waals surface area contributed by atoms with E-state index in [2.05, 4.69) is 10.1 Å². The topological polar surface area (TPSA) is 77.7 Å². The normalized spacial score (nSPS) is 17.3. The number of carbonyl (C=O) groups is 1. The van der Waals surface area contributed by atoms with Gasteiger partial charge in [0, 0.05) is 13.1 Å². The number of ether oxygens (including phenoxy) is 2. The van der Waals surface area contributed by atoms with Crippen LogP contribution in [0, 0.1) is 6.92 Å². The fraction of sp³-hybridized carbons (Fsp3) is 0.438. The van der Waals surface area contributed by atoms with Crippen molar-refractivity contribution in [3.8, 4) is 11.5 Å². The molecule has 0 radical (unpaired) electrons. The molecule has 2 heterocycles. The lowest BCUT2D eigenvalue weighted by atomic mass is 10.1. The van der Waals surface area contributed by atoms with Crippen LogP contribution in [-0.4, -0.2) is 48.3 Å². The van der Waals surface area contributed by atoms with Crippen LogP contribution < -0.4 is 9.47 Å². The molecule has 7 heteroatoms. The number of carbonyl (C=O) groups excluding carboxylic acids is 1. The summed E-state index contributed by atoms with van der Waals surface area (Å²) in [7, 11) is 3.08. The highest BCUT2D eigenvalue weighted by atomic mass is 16.5. The molecule has 0 saturated carbocycles. The van der Waals surface area contributed by atoms with Crippen molar-refractivity contribution < 1.29 is 18.8 Å². The van der Waals surface area contributed by atoms with Gasteiger partial charge in [-0.2, -0.15) is 4.98 Å². The Morgan fingerprint density at radius 3 is 2.83 bits per heavy atom. The van der Waals surface area contributed by atoms with Crippen LogP contribution in [0.2, 0.25) is 0 Å². The van der Waals surface area contributed by atoms with E-state index < -0.39 is 0 Å². The van der Waals surface area contributed by atoms with Gasteiger partial charge in [-0.15, -0.1) is 0 Å². The Labute approximate surface area is 134 Å². The molecule has 7 nitrogen and oxygen atoms in total. The summed E-state index contributed by atoms with van der Waals surface area (Å²) in [4.78, 5) is 18.8. The Morgan fingerprint density at radius 2 is 2.17 bits per heavy atom. The highest BCUT2D eigenvalue weighted by Crippen LogP contribution is 2.33. The summed E-state index contributed by atoms with van der Waals surface area (Å²) in [5.41, 5.74) is 0.495. The zero-order valence-electron chi connectivity index (χ0n) is 13.4. The van der Waals surface area contributed by atoms with Gasteiger partial charge in [-0.25, -0.2) is 0 Å². The second-order valence-electron chi connectivity index (χ2n) is 5.46. The van der Waals surface area contributed by atoms with Gasteiger partial charge in [-0.1, -0.05) is 11.2 Å². The lowest BCUT2D eigenvalue weighted by Crippen LogP contribution is -2.29. The molecule has 1 fully saturated rings. The molecule has 23 heavy (non-hydrogen) atoms. The highest BCUT2D eigenvalue weighted by molar-refractivity contribution is 5.98. The summed E-state index contributed by atoms with van der Waals surface area (Å²) in [5.74, 6) is 2.20. The minimum Gasteiger partial charge on any atom is -0.493 e. The average molecular weight is 317 g/mol. The summed E-state index contributed by atoms with van der Waals surface area (Å²) < 4.78 is 15.8. The molecule has 0 aliphatic carbocycles. The van der Waals surface area contributed by atoms with Crippen molar-refractivity contribution in [2.24, 2.45) is 0 Å². The Hall–Kier alpha value is -2.57. The van der Waals surface area contributed by atoms with Gasteiger partial charge >= 0.3 is 0 Å². The van der Waals surface area contributed by atoms with Gasteiger partial charge in [0.15, 0.2) is 17.3 Å². The summed E-state index contributed by atoms with van der Waals surface area (Å²) in [6.45, 7) is 2.98. The van der Waals surface area contributed by atoms with E-state index in [1.165, 1.54) is 7.11 Å². The van der Waals surface area contributed by atoms with Crippen LogP contribution in [0.4, 0.5) is 0 Å². The molecule has 0 N–H and O–H groups in total. The molecule has 1 aromatic carbocycles. The SMILES string of the molecule is COc1cccc(C(=O)N2CC[C@@H](c3nc(C)no3)C2)c1OC. The third-order valence-corrected chi connectivity index (χ3v) is 4.00. The van der Waals surface area contributed by atoms with E-state index in [0.717, 1.165) is 6.42 Å². The third kappa shape index (κ3) is 2.86. The Morgan fingerprint density at radius 1 is 1.35 bits per heavy atom. The van der Waals surface area contributed by atoms with Crippen molar-refractivity contribution in [3.63, 3.8) is 0 Å². The maximum Gasteiger partial charge on any atom is 0.257 e. The number of hydrogen-bond acceptors (Lipinski definition) is 6. The number of rotatable bonds is 4. The largest absolute Gasteiger partial charge is 0.493 e. The van der Waals surface area contributed by atoms with Gasteiger partial charge in [0.25, 0.3) is 5.91 Å². The Bertz CT molecular complexity index is 713. The van der Waals surface area contributed by atoms with Crippen LogP contribution in [0.5, 0.6) is 11.5 Å². The minimum atomic E-state index is -0.0838. The van der Waals surface area contributed by atoms with E-state index in [1.54, 1.807) is 37.1 Å². The molecule has 3 rings (SSSR count). The zero-order valence-corrected chi connectivity index (χ0v) is 13.4. The third-order valence-electron chi connectivity index (χ3n) is 4.00. The first-order valence-corrected chi connectivity index (χ1v) is 7.44. The van der Waals surface area contributed by atoms with Gasteiger partial charge in [0.2, 0.25) is 5.89 Å². The van der Waals surface area contributed by atoms with E-state index >= 15 is 0 Å². The number of aryl methyl sites for hydroxylation is 1. The smallest absolute Gasteiger partial charge is 0.257 e. The lowest BCUT2D eigenvalue weighted by Gasteiger charge is -2.18. The van der Waals surface area contributed by atoms with Crippen LogP contribution in [0.1, 0.15) is 34.4 Å². The van der Waals surface area contributed by atoms with Crippen molar-refractivity contribution >= 4 is 5.91 Å². The quantitative estimate of drug-likeness (QED) is 0.858. The van der Waals surface area contributed by atoms with Crippen molar-refractivity contribution in [1.29, 1.82) is 0 Å². The molecule has 122 valence electrons. The van der Waals surface area contributed by atoms with E-state index in [4.69, 9.17) is 14.0 Å². The van der Waals surface area contributed by atoms with Crippen LogP contribution in [0.25, 0.3) is 0 Å². The molecule has 1 aliphatic heterocycles. The predicted molar refractivity (Wildman–Crippen MR) is 81.8 cm³/mol. The van der Waals surface area contributed by atoms with E-state index in [-0.39, 0.29) is 11.8 Å². The van der Waals surface area contributed by atoms with E-state index in [9.17, 15) is 4.79 Å². The summed E-state index contributed by atoms with van der Waals surface area (Å²) >= 11 is 0. The van der Waals surface area contributed by atoms with Gasteiger partial charge < -0.3 is 18.9 Å². The second kappa shape index (κ2) is 6.28. The summed E-state index contributed by atoms with van der Waals surface area (Å²) in [6, 6.07) is 5.29. The number of benzene rings is 1. The Balaban J connectivity index is 1.79. The zero-order chi connectivity index (χ0) is 16.4. The predicted octanol–water partition coefficient (Wildman–Crippen LogP) is 2.02. The summed E-state index contributed by atoms with van der Waals surface area (Å²) in [5, 5.41) is 3.81. The minimum absolute atomic E-state index is 0.0803. The monoisotopic (exact) mass is 317 g/mol. The number of likely N-dealkylation sites (tertiary alicyclic amines) is 1. The molecule has 0 unspecified atom stereocenters. The number of amides is 1. The average Bonchev–Trinajstić information content (AvgIpc) is 3.22. The highest BCUT2D eigenvalue weighted by Gasteiger charge is 2.32. The van der Waals surface area contributed by atoms with Crippen molar-refractivity contribution in [2.75, 3.05) is 27.3 Å². The van der Waals surface area contributed by atoms with Crippen LogP contribution >= 0.6 is 0 Å². The molecule has 2 aromatic rings. The second-order valence-corrected chi connectivity index (χ2v) is 5.46. The maximum atomic E-state index is 12.8. The number of nitrogens with zero attached hydrogens (tertiary/aromatic N) is 3. The molecule has 1 saturated heterocycles. The maximum absolute atomic E-state index is 12.8. The Kier molecular flexibility index (Phi) is 4.18. The van der Waals surface area contributed by atoms with Gasteiger partial charge in [0.1, 0.15) is 0 Å². The fourth-order valence-corrected chi connectivity index (χ4v) is 2.85. The van der Waals surface area contributed by atoms with Crippen LogP contribution in [-0.2, 0) is 0 Å². The van der Waals surface area contributed by atoms with Gasteiger partial charge in [-0.3, -0.25) is 4.79 Å². The lowest BCUT2D eigenvalue weighted by molar-refractivity contribution is 0.0785. The van der Waals surface area contributed by atoms with Crippen LogP contribution in [0.3, 0.4) is 0 Å². The first-order chi connectivity index (χ1) is 11.1. The molecular formula is C16H19N3O4.